The zero-order chi connectivity index (χ0) is 79.4. The van der Waals surface area contributed by atoms with Gasteiger partial charge < -0.3 is 78.3 Å². The Morgan fingerprint density at radius 1 is 0.389 bits per heavy atom. The van der Waals surface area contributed by atoms with Crippen LogP contribution in [0.3, 0.4) is 0 Å². The molecule has 0 aliphatic carbocycles. The predicted molar refractivity (Wildman–Crippen MR) is 423 cm³/mol. The number of carbonyl (C=O) groups is 6. The first-order chi connectivity index (χ1) is 52.2. The van der Waals surface area contributed by atoms with Crippen LogP contribution >= 0.6 is 15.6 Å². The number of aliphatic hydroxyl groups is 2. The summed E-state index contributed by atoms with van der Waals surface area (Å²) in [4.78, 5) is 106. The molecule has 8 atom stereocenters. The van der Waals surface area contributed by atoms with E-state index in [4.69, 9.17) is 37.0 Å². The summed E-state index contributed by atoms with van der Waals surface area (Å²) in [6.07, 6.45) is 43.2. The minimum Gasteiger partial charge on any atom is -0.756 e. The third-order valence-corrected chi connectivity index (χ3v) is 20.3. The SMILES string of the molecule is CCCCCC/C=C\CCCC(=O)O[C@H](CCCCCCC)CC(=O)NC(COCCC(O)CCCCCCC)COP(=O)([O-])OCCNC(=O)c1ccc(C(=O)NCCOP(=O)([O-])OCC(COCCC(O)CCCCCCC)NC(=O)C[C@@H](CCCCCCC)OC(=O)CCC/C=C\CCCCCC)cc1. The number of ether oxygens (including phenoxy) is 4. The Kier molecular flexibility index (Phi) is 65.2. The zero-order valence-electron chi connectivity index (χ0n) is 67.4. The highest BCUT2D eigenvalue weighted by Gasteiger charge is 2.26. The number of hydrogen-bond acceptors (Lipinski definition) is 20. The molecule has 0 spiro atoms. The summed E-state index contributed by atoms with van der Waals surface area (Å²) in [5.74, 6) is -3.00. The van der Waals surface area contributed by atoms with E-state index in [0.717, 1.165) is 167 Å². The number of phosphoric ester groups is 2. The number of phosphoric acid groups is 2. The molecule has 0 saturated carbocycles. The third-order valence-electron chi connectivity index (χ3n) is 18.4. The molecule has 1 rings (SSSR count). The number of unbranched alkanes of at least 4 members (excludes halogenated alkanes) is 26. The lowest BCUT2D eigenvalue weighted by Gasteiger charge is -2.27. The maximum atomic E-state index is 13.7. The van der Waals surface area contributed by atoms with Crippen molar-refractivity contribution in [3.05, 3.63) is 59.7 Å². The van der Waals surface area contributed by atoms with E-state index >= 15 is 0 Å². The summed E-state index contributed by atoms with van der Waals surface area (Å²) in [5.41, 5.74) is 0.237. The van der Waals surface area contributed by atoms with Gasteiger partial charge in [0.25, 0.3) is 27.5 Å². The highest BCUT2D eigenvalue weighted by Crippen LogP contribution is 2.39. The molecule has 0 aliphatic heterocycles. The fraction of sp³-hybridized carbons (Fsp3) is 0.805. The van der Waals surface area contributed by atoms with E-state index in [-0.39, 0.29) is 88.3 Å². The zero-order valence-corrected chi connectivity index (χ0v) is 69.2. The van der Waals surface area contributed by atoms with Crippen LogP contribution in [0.4, 0.5) is 0 Å². The van der Waals surface area contributed by atoms with Crippen molar-refractivity contribution in [2.24, 2.45) is 0 Å². The van der Waals surface area contributed by atoms with Gasteiger partial charge in [-0.15, -0.1) is 0 Å². The maximum absolute atomic E-state index is 13.7. The first kappa shape index (κ1) is 102. The molecule has 4 amide bonds. The number of allylic oxidation sites excluding steroid dienone is 4. The molecular weight excluding hydrogens is 1420 g/mol. The Bertz CT molecular complexity index is 2410. The number of benzene rings is 1. The van der Waals surface area contributed by atoms with Gasteiger partial charge in [0.2, 0.25) is 11.8 Å². The Hall–Kier alpha value is -4.42. The van der Waals surface area contributed by atoms with Crippen LogP contribution < -0.4 is 31.1 Å². The number of rotatable bonds is 76. The fourth-order valence-electron chi connectivity index (χ4n) is 11.9. The molecule has 0 radical (unpaired) electrons. The Morgan fingerprint density at radius 2 is 0.694 bits per heavy atom. The second-order valence-corrected chi connectivity index (χ2v) is 31.5. The van der Waals surface area contributed by atoms with E-state index in [1.54, 1.807) is 0 Å². The van der Waals surface area contributed by atoms with Crippen LogP contribution in [0.25, 0.3) is 0 Å². The minimum atomic E-state index is -5.03. The van der Waals surface area contributed by atoms with Crippen molar-refractivity contribution in [3.63, 3.8) is 0 Å². The summed E-state index contributed by atoms with van der Waals surface area (Å²) in [6.45, 7) is 10.1. The Labute approximate surface area is 650 Å². The third kappa shape index (κ3) is 61.2. The van der Waals surface area contributed by atoms with Gasteiger partial charge in [0.1, 0.15) is 12.2 Å². The van der Waals surface area contributed by atoms with Crippen molar-refractivity contribution in [2.75, 3.05) is 65.9 Å². The Morgan fingerprint density at radius 3 is 1.03 bits per heavy atom. The molecule has 0 heterocycles. The summed E-state index contributed by atoms with van der Waals surface area (Å²) in [5, 5.41) is 31.9. The molecular formula is C82H146N4O20P2-2. The summed E-state index contributed by atoms with van der Waals surface area (Å²) in [7, 11) is -10.1. The quantitative estimate of drug-likeness (QED) is 0.0153. The molecule has 6 N–H and O–H groups in total. The van der Waals surface area contributed by atoms with E-state index in [2.05, 4.69) is 87.1 Å². The van der Waals surface area contributed by atoms with Crippen LogP contribution in [0.2, 0.25) is 0 Å². The molecule has 0 bridgehead atoms. The van der Waals surface area contributed by atoms with Crippen LogP contribution in [-0.4, -0.2) is 148 Å². The fourth-order valence-corrected chi connectivity index (χ4v) is 13.4. The van der Waals surface area contributed by atoms with Crippen LogP contribution in [0.1, 0.15) is 345 Å². The first-order valence-corrected chi connectivity index (χ1v) is 44.8. The largest absolute Gasteiger partial charge is 0.756 e. The number of amides is 4. The molecule has 1 aromatic carbocycles. The van der Waals surface area contributed by atoms with Gasteiger partial charge in [-0.05, 0) is 127 Å². The highest BCUT2D eigenvalue weighted by molar-refractivity contribution is 7.46. The number of hydrogen-bond donors (Lipinski definition) is 6. The molecule has 0 saturated heterocycles. The van der Waals surface area contributed by atoms with Crippen molar-refractivity contribution < 1.29 is 94.9 Å². The van der Waals surface area contributed by atoms with Gasteiger partial charge in [-0.2, -0.15) is 0 Å². The topological polar surface area (TPSA) is 345 Å². The van der Waals surface area contributed by atoms with Gasteiger partial charge in [0, 0.05) is 50.3 Å². The second-order valence-electron chi connectivity index (χ2n) is 28.7. The number of carbonyl (C=O) groups excluding carboxylic acids is 6. The molecule has 0 aromatic heterocycles. The van der Waals surface area contributed by atoms with Gasteiger partial charge in [-0.1, -0.05) is 220 Å². The minimum absolute atomic E-state index is 0.119. The molecule has 108 heavy (non-hydrogen) atoms. The van der Waals surface area contributed by atoms with Crippen LogP contribution in [0, 0.1) is 0 Å². The van der Waals surface area contributed by atoms with Crippen molar-refractivity contribution in [3.8, 4) is 0 Å². The van der Waals surface area contributed by atoms with Crippen LogP contribution in [0.15, 0.2) is 48.6 Å². The summed E-state index contributed by atoms with van der Waals surface area (Å²) >= 11 is 0. The van der Waals surface area contributed by atoms with Crippen molar-refractivity contribution in [1.29, 1.82) is 0 Å². The van der Waals surface area contributed by atoms with Gasteiger partial charge >= 0.3 is 11.9 Å². The molecule has 626 valence electrons. The molecule has 0 aliphatic rings. The van der Waals surface area contributed by atoms with Gasteiger partial charge in [0.05, 0.1) is 76.8 Å². The summed E-state index contributed by atoms with van der Waals surface area (Å²) < 4.78 is 70.2. The maximum Gasteiger partial charge on any atom is 0.306 e. The molecule has 6 unspecified atom stereocenters. The van der Waals surface area contributed by atoms with Gasteiger partial charge in [-0.25, -0.2) is 0 Å². The van der Waals surface area contributed by atoms with E-state index in [1.165, 1.54) is 62.8 Å². The van der Waals surface area contributed by atoms with E-state index < -0.39 is 102 Å². The number of nitrogens with one attached hydrogen (secondary N) is 4. The Balaban J connectivity index is 2.94. The molecule has 0 fully saturated rings. The monoisotopic (exact) mass is 1570 g/mol. The van der Waals surface area contributed by atoms with Crippen molar-refractivity contribution in [1.82, 2.24) is 21.3 Å². The molecule has 26 heteroatoms. The lowest BCUT2D eigenvalue weighted by molar-refractivity contribution is -0.227. The molecule has 24 nitrogen and oxygen atoms in total. The van der Waals surface area contributed by atoms with E-state index in [0.29, 0.717) is 51.4 Å². The average molecular weight is 1570 g/mol. The summed E-state index contributed by atoms with van der Waals surface area (Å²) in [6, 6.07) is 3.48. The first-order valence-electron chi connectivity index (χ1n) is 41.9. The molecule has 1 aromatic rings. The average Bonchev–Trinajstić information content (AvgIpc) is 0.896. The van der Waals surface area contributed by atoms with Crippen molar-refractivity contribution >= 4 is 51.2 Å². The van der Waals surface area contributed by atoms with Crippen LogP contribution in [0.5, 0.6) is 0 Å². The van der Waals surface area contributed by atoms with Crippen molar-refractivity contribution in [2.45, 2.75) is 361 Å². The standard InChI is InChI=1S/C82H148N4O20P2/c1-7-13-19-25-27-29-31-37-43-49-79(91)105-75(47-41-35-23-17-11-5)63-77(89)85-71(65-99-59-55-73(87)45-39-33-21-15-9-3)67-103-107(95,96)101-61-57-83-81(93)69-51-53-70(54-52-69)82(94)84-58-62-102-108(97,98)104-68-72(66-100-60-56-74(88)46-40-34-22-16-10-4)86-78(90)64-76(48-42-36-24-18-12-6)106-80(92)50-44-38-32-30-28-26-20-14-8-2/h29-32,51-54,71-76,87-88H,7-28,33-50,55-68H2,1-6H3,(H,83,93)(H,84,94)(H,85,89)(H,86,90)(H,95,96)(H,97,98)/p-2/b31-29-,32-30-/t71?,72?,73?,74?,75-,76-/m1/s1. The predicted octanol–water partition coefficient (Wildman–Crippen LogP) is 16.1. The smallest absolute Gasteiger partial charge is 0.306 e. The lowest BCUT2D eigenvalue weighted by Crippen LogP contribution is -2.43. The van der Waals surface area contributed by atoms with E-state index in [1.807, 2.05) is 0 Å². The highest BCUT2D eigenvalue weighted by atomic mass is 31.2. The second kappa shape index (κ2) is 69.3. The van der Waals surface area contributed by atoms with Gasteiger partial charge in [-0.3, -0.25) is 37.9 Å². The number of aliphatic hydroxyl groups excluding tert-OH is 2. The normalized spacial score (nSPS) is 14.5. The van der Waals surface area contributed by atoms with Crippen LogP contribution in [-0.2, 0) is 65.4 Å². The van der Waals surface area contributed by atoms with E-state index in [9.17, 15) is 57.9 Å². The lowest BCUT2D eigenvalue weighted by atomic mass is 10.1. The van der Waals surface area contributed by atoms with Gasteiger partial charge in [0.15, 0.2) is 0 Å². The number of esters is 2.